The molecule has 0 aliphatic heterocycles. The topological polar surface area (TPSA) is 79.2 Å². The van der Waals surface area contributed by atoms with Gasteiger partial charge in [-0.1, -0.05) is 22.0 Å². The number of amides is 1. The molecule has 0 saturated carbocycles. The first-order valence-corrected chi connectivity index (χ1v) is 7.21. The molecule has 0 unspecified atom stereocenters. The summed E-state index contributed by atoms with van der Waals surface area (Å²) in [5.41, 5.74) is 0.452. The second-order valence-corrected chi connectivity index (χ2v) is 5.36. The number of hydrogen-bond donors (Lipinski definition) is 1. The highest BCUT2D eigenvalue weighted by atomic mass is 79.9. The number of rotatable bonds is 4. The summed E-state index contributed by atoms with van der Waals surface area (Å²) < 4.78 is 18.9. The van der Waals surface area contributed by atoms with Gasteiger partial charge >= 0.3 is 5.97 Å². The molecule has 0 aliphatic rings. The number of esters is 1. The van der Waals surface area contributed by atoms with E-state index in [2.05, 4.69) is 21.2 Å². The fourth-order valence-corrected chi connectivity index (χ4v) is 2.04. The third kappa shape index (κ3) is 4.63. The number of anilines is 1. The van der Waals surface area contributed by atoms with Gasteiger partial charge in [0.1, 0.15) is 5.82 Å². The van der Waals surface area contributed by atoms with Gasteiger partial charge < -0.3 is 10.1 Å². The van der Waals surface area contributed by atoms with Crippen LogP contribution in [0.5, 0.6) is 0 Å². The van der Waals surface area contributed by atoms with Crippen molar-refractivity contribution in [2.24, 2.45) is 0 Å². The highest BCUT2D eigenvalue weighted by Crippen LogP contribution is 2.19. The lowest BCUT2D eigenvalue weighted by Gasteiger charge is -2.08. The van der Waals surface area contributed by atoms with E-state index in [0.29, 0.717) is 10.0 Å². The molecule has 2 aromatic rings. The minimum absolute atomic E-state index is 0.0132. The molecule has 0 aromatic heterocycles. The summed E-state index contributed by atoms with van der Waals surface area (Å²) >= 11 is 3.10. The van der Waals surface area contributed by atoms with Gasteiger partial charge in [0.05, 0.1) is 22.9 Å². The molecule has 5 nitrogen and oxygen atoms in total. The lowest BCUT2D eigenvalue weighted by Crippen LogP contribution is -2.21. The Kier molecular flexibility index (Phi) is 5.44. The fraction of sp³-hybridized carbons (Fsp3) is 0.0625. The van der Waals surface area contributed by atoms with Crippen LogP contribution in [-0.4, -0.2) is 18.5 Å². The Bertz CT molecular complexity index is 802. The first-order chi connectivity index (χ1) is 11.0. The van der Waals surface area contributed by atoms with E-state index < -0.39 is 24.3 Å². The largest absolute Gasteiger partial charge is 0.452 e. The summed E-state index contributed by atoms with van der Waals surface area (Å²) in [4.78, 5) is 23.5. The van der Waals surface area contributed by atoms with Crippen molar-refractivity contribution < 1.29 is 18.7 Å². The van der Waals surface area contributed by atoms with E-state index in [1.807, 2.05) is 6.07 Å². The molecule has 23 heavy (non-hydrogen) atoms. The maximum atomic E-state index is 13.6. The monoisotopic (exact) mass is 376 g/mol. The molecule has 2 rings (SSSR count). The number of ether oxygens (including phenoxy) is 1. The zero-order chi connectivity index (χ0) is 16.8. The van der Waals surface area contributed by atoms with Gasteiger partial charge in [0.25, 0.3) is 5.91 Å². The van der Waals surface area contributed by atoms with Gasteiger partial charge in [0.2, 0.25) is 0 Å². The van der Waals surface area contributed by atoms with Gasteiger partial charge in [0.15, 0.2) is 6.61 Å². The number of nitrogens with zero attached hydrogens (tertiary/aromatic N) is 1. The summed E-state index contributed by atoms with van der Waals surface area (Å²) in [6, 6.07) is 12.0. The van der Waals surface area contributed by atoms with Crippen molar-refractivity contribution in [2.45, 2.75) is 0 Å². The minimum Gasteiger partial charge on any atom is -0.452 e. The average molecular weight is 377 g/mol. The van der Waals surface area contributed by atoms with E-state index in [-0.39, 0.29) is 11.3 Å². The minimum atomic E-state index is -0.742. The molecule has 0 heterocycles. The normalized spacial score (nSPS) is 9.78. The van der Waals surface area contributed by atoms with E-state index in [4.69, 9.17) is 10.00 Å². The Morgan fingerprint density at radius 1 is 1.26 bits per heavy atom. The molecular weight excluding hydrogens is 367 g/mol. The number of hydrogen-bond acceptors (Lipinski definition) is 4. The van der Waals surface area contributed by atoms with Crippen LogP contribution in [0.1, 0.15) is 15.9 Å². The Morgan fingerprint density at radius 2 is 2.04 bits per heavy atom. The summed E-state index contributed by atoms with van der Waals surface area (Å²) in [6.45, 7) is -0.564. The molecule has 1 N–H and O–H groups in total. The van der Waals surface area contributed by atoms with Crippen molar-refractivity contribution in [3.05, 3.63) is 63.9 Å². The van der Waals surface area contributed by atoms with Crippen LogP contribution in [-0.2, 0) is 9.53 Å². The van der Waals surface area contributed by atoms with Crippen molar-refractivity contribution in [2.75, 3.05) is 11.9 Å². The van der Waals surface area contributed by atoms with Crippen LogP contribution >= 0.6 is 15.9 Å². The van der Waals surface area contributed by atoms with Crippen molar-refractivity contribution in [3.63, 3.8) is 0 Å². The number of nitriles is 1. The summed E-state index contributed by atoms with van der Waals surface area (Å²) in [5.74, 6) is -2.02. The molecule has 116 valence electrons. The number of nitrogens with one attached hydrogen (secondary N) is 1. The molecule has 0 fully saturated rings. The Hall–Kier alpha value is -2.72. The van der Waals surface area contributed by atoms with E-state index in [1.165, 1.54) is 30.3 Å². The second-order valence-electron chi connectivity index (χ2n) is 4.44. The molecule has 0 aliphatic carbocycles. The Labute approximate surface area is 139 Å². The van der Waals surface area contributed by atoms with Crippen LogP contribution in [0.3, 0.4) is 0 Å². The summed E-state index contributed by atoms with van der Waals surface area (Å²) in [5, 5.41) is 11.1. The lowest BCUT2D eigenvalue weighted by molar-refractivity contribution is -0.119. The predicted molar refractivity (Wildman–Crippen MR) is 84.2 cm³/mol. The maximum absolute atomic E-state index is 13.6. The second kappa shape index (κ2) is 7.51. The first kappa shape index (κ1) is 16.6. The fourth-order valence-electron chi connectivity index (χ4n) is 1.71. The van der Waals surface area contributed by atoms with Crippen LogP contribution in [0.25, 0.3) is 0 Å². The van der Waals surface area contributed by atoms with Crippen LogP contribution < -0.4 is 5.32 Å². The molecule has 2 aromatic carbocycles. The van der Waals surface area contributed by atoms with Gasteiger partial charge in [-0.25, -0.2) is 9.18 Å². The third-order valence-corrected chi connectivity index (χ3v) is 3.26. The van der Waals surface area contributed by atoms with Gasteiger partial charge in [-0.15, -0.1) is 0 Å². The maximum Gasteiger partial charge on any atom is 0.338 e. The summed E-state index contributed by atoms with van der Waals surface area (Å²) in [6.07, 6.45) is 0. The lowest BCUT2D eigenvalue weighted by atomic mass is 10.1. The van der Waals surface area contributed by atoms with E-state index in [1.54, 1.807) is 12.1 Å². The molecule has 0 atom stereocenters. The van der Waals surface area contributed by atoms with Gasteiger partial charge in [-0.05, 0) is 36.4 Å². The molecule has 1 amide bonds. The van der Waals surface area contributed by atoms with Crippen molar-refractivity contribution in [1.29, 1.82) is 5.26 Å². The highest BCUT2D eigenvalue weighted by Gasteiger charge is 2.12. The van der Waals surface area contributed by atoms with Crippen LogP contribution in [0.4, 0.5) is 10.1 Å². The van der Waals surface area contributed by atoms with E-state index in [0.717, 1.165) is 0 Å². The SMILES string of the molecule is N#Cc1cccc(C(=O)OCC(=O)Nc2ccc(Br)cc2F)c1. The Morgan fingerprint density at radius 3 is 2.74 bits per heavy atom. The van der Waals surface area contributed by atoms with Crippen molar-refractivity contribution >= 4 is 33.5 Å². The number of halogens is 2. The van der Waals surface area contributed by atoms with E-state index >= 15 is 0 Å². The number of carbonyl (C=O) groups is 2. The first-order valence-electron chi connectivity index (χ1n) is 6.42. The molecule has 0 spiro atoms. The zero-order valence-electron chi connectivity index (χ0n) is 11.7. The zero-order valence-corrected chi connectivity index (χ0v) is 13.3. The Balaban J connectivity index is 1.93. The van der Waals surface area contributed by atoms with Crippen LogP contribution in [0, 0.1) is 17.1 Å². The van der Waals surface area contributed by atoms with Crippen molar-refractivity contribution in [1.82, 2.24) is 0 Å². The van der Waals surface area contributed by atoms with Crippen molar-refractivity contribution in [3.8, 4) is 6.07 Å². The van der Waals surface area contributed by atoms with E-state index in [9.17, 15) is 14.0 Å². The standard InChI is InChI=1S/C16H10BrFN2O3/c17-12-4-5-14(13(18)7-12)20-15(21)9-23-16(22)11-3-1-2-10(6-11)8-19/h1-7H,9H2,(H,20,21). The summed E-state index contributed by atoms with van der Waals surface area (Å²) in [7, 11) is 0. The third-order valence-electron chi connectivity index (χ3n) is 2.77. The number of benzene rings is 2. The molecule has 0 bridgehead atoms. The van der Waals surface area contributed by atoms with Crippen LogP contribution in [0.2, 0.25) is 0 Å². The van der Waals surface area contributed by atoms with Crippen LogP contribution in [0.15, 0.2) is 46.9 Å². The smallest absolute Gasteiger partial charge is 0.338 e. The molecule has 7 heteroatoms. The van der Waals surface area contributed by atoms with Gasteiger partial charge in [-0.2, -0.15) is 5.26 Å². The van der Waals surface area contributed by atoms with Gasteiger partial charge in [0, 0.05) is 4.47 Å². The molecule has 0 saturated heterocycles. The molecule has 0 radical (unpaired) electrons. The highest BCUT2D eigenvalue weighted by molar-refractivity contribution is 9.10. The molecular formula is C16H10BrFN2O3. The predicted octanol–water partition coefficient (Wildman–Crippen LogP) is 3.26. The number of carbonyl (C=O) groups excluding carboxylic acids is 2. The quantitative estimate of drug-likeness (QED) is 0.830. The van der Waals surface area contributed by atoms with Gasteiger partial charge in [-0.3, -0.25) is 4.79 Å². The average Bonchev–Trinajstić information content (AvgIpc) is 2.55.